The van der Waals surface area contributed by atoms with E-state index in [1.165, 1.54) is 0 Å². The highest BCUT2D eigenvalue weighted by molar-refractivity contribution is 6.01. The van der Waals surface area contributed by atoms with E-state index < -0.39 is 0 Å². The SMILES string of the molecule is O=Cc1ccc(-c2c3nc(c(-c4ccccc4)c4ccc([nH]4)c(N(c4ccccc4)c4ccccc4)c4nc(c(-c5ccccc5)c5ccc2[nH]5)C=C4)C=C3)cc1. The maximum absolute atomic E-state index is 11.7. The highest BCUT2D eigenvalue weighted by Gasteiger charge is 2.22. The van der Waals surface area contributed by atoms with Crippen LogP contribution in [0.15, 0.2) is 170 Å². The molecule has 8 aromatic rings. The molecule has 10 rings (SSSR count). The van der Waals surface area contributed by atoms with Gasteiger partial charge in [-0.1, -0.05) is 121 Å². The first kappa shape index (κ1) is 33.7. The summed E-state index contributed by atoms with van der Waals surface area (Å²) in [5, 5.41) is 0. The number of benzene rings is 5. The lowest BCUT2D eigenvalue weighted by Gasteiger charge is -2.26. The first-order chi connectivity index (χ1) is 28.2. The van der Waals surface area contributed by atoms with Crippen molar-refractivity contribution in [1.29, 1.82) is 0 Å². The minimum atomic E-state index is 0.616. The number of hydrogen-bond acceptors (Lipinski definition) is 4. The third-order valence-corrected chi connectivity index (χ3v) is 10.4. The predicted octanol–water partition coefficient (Wildman–Crippen LogP) is 12.9. The normalized spacial score (nSPS) is 11.8. The van der Waals surface area contributed by atoms with Gasteiger partial charge in [0.05, 0.1) is 34.0 Å². The van der Waals surface area contributed by atoms with Gasteiger partial charge in [-0.15, -0.1) is 0 Å². The molecule has 0 fully saturated rings. The Morgan fingerprint density at radius 2 is 0.754 bits per heavy atom. The summed E-state index contributed by atoms with van der Waals surface area (Å²) in [5.74, 6) is 0. The number of hydrogen-bond donors (Lipinski definition) is 2. The van der Waals surface area contributed by atoms with Gasteiger partial charge in [0.25, 0.3) is 0 Å². The van der Waals surface area contributed by atoms with E-state index in [-0.39, 0.29) is 0 Å². The predicted molar refractivity (Wildman–Crippen MR) is 235 cm³/mol. The lowest BCUT2D eigenvalue weighted by molar-refractivity contribution is 0.112. The Morgan fingerprint density at radius 1 is 0.386 bits per heavy atom. The van der Waals surface area contributed by atoms with Gasteiger partial charge in [-0.25, -0.2) is 9.97 Å². The van der Waals surface area contributed by atoms with E-state index in [0.717, 1.165) is 102 Å². The zero-order chi connectivity index (χ0) is 38.1. The van der Waals surface area contributed by atoms with E-state index in [1.54, 1.807) is 0 Å². The average molecular weight is 734 g/mol. The second kappa shape index (κ2) is 14.4. The fraction of sp³-hybridized carbons (Fsp3) is 0. The van der Waals surface area contributed by atoms with Gasteiger partial charge in [0.15, 0.2) is 0 Å². The maximum Gasteiger partial charge on any atom is 0.150 e. The number of nitrogens with one attached hydrogen (secondary N) is 2. The van der Waals surface area contributed by atoms with E-state index in [9.17, 15) is 4.79 Å². The number of H-pyrrole nitrogens is 2. The molecular weight excluding hydrogens is 699 g/mol. The zero-order valence-corrected chi connectivity index (χ0v) is 30.8. The standard InChI is InChI=1S/C51H35N5O/c57-33-34-21-23-37(24-22-34)50-42-27-25-40(52-42)48(35-13-5-1-6-14-35)44-29-31-46(54-44)51(56(38-17-9-3-10-18-38)39-19-11-4-12-20-39)47-32-30-45(55-47)49(36-15-7-2-8-16-36)41-26-28-43(50)53-41/h1-33,52,55H. The molecule has 0 spiro atoms. The molecule has 5 heterocycles. The highest BCUT2D eigenvalue weighted by atomic mass is 16.1. The minimum absolute atomic E-state index is 0.616. The number of aromatic amines is 2. The highest BCUT2D eigenvalue weighted by Crippen LogP contribution is 2.42. The topological polar surface area (TPSA) is 77.7 Å². The summed E-state index contributed by atoms with van der Waals surface area (Å²) in [5.41, 5.74) is 16.4. The number of carbonyl (C=O) groups excluding carboxylic acids is 1. The van der Waals surface area contributed by atoms with E-state index in [4.69, 9.17) is 9.97 Å². The van der Waals surface area contributed by atoms with E-state index in [2.05, 4.69) is 160 Å². The second-order valence-electron chi connectivity index (χ2n) is 14.0. The van der Waals surface area contributed by atoms with Crippen LogP contribution >= 0.6 is 0 Å². The molecule has 0 radical (unpaired) electrons. The van der Waals surface area contributed by atoms with Crippen LogP contribution in [0.3, 0.4) is 0 Å². The second-order valence-corrected chi connectivity index (χ2v) is 14.0. The minimum Gasteiger partial charge on any atom is -0.354 e. The van der Waals surface area contributed by atoms with Crippen LogP contribution < -0.4 is 4.90 Å². The third kappa shape index (κ3) is 6.25. The summed E-state index contributed by atoms with van der Waals surface area (Å²) in [7, 11) is 0. The third-order valence-electron chi connectivity index (χ3n) is 10.4. The van der Waals surface area contributed by atoms with Crippen LogP contribution in [0.25, 0.3) is 79.8 Å². The number of aromatic nitrogens is 4. The van der Waals surface area contributed by atoms with Gasteiger partial charge in [0.2, 0.25) is 0 Å². The molecule has 57 heavy (non-hydrogen) atoms. The summed E-state index contributed by atoms with van der Waals surface area (Å²) in [6.07, 6.45) is 9.28. The van der Waals surface area contributed by atoms with Crippen molar-refractivity contribution in [2.75, 3.05) is 4.90 Å². The lowest BCUT2D eigenvalue weighted by atomic mass is 10.0. The van der Waals surface area contributed by atoms with Gasteiger partial charge in [-0.05, 0) is 89.5 Å². The Morgan fingerprint density at radius 3 is 1.21 bits per heavy atom. The van der Waals surface area contributed by atoms with Crippen molar-refractivity contribution in [3.05, 3.63) is 198 Å². The molecule has 6 heteroatoms. The Labute approximate surface area is 329 Å². The van der Waals surface area contributed by atoms with Crippen LogP contribution in [0.5, 0.6) is 0 Å². The molecule has 8 bridgehead atoms. The van der Waals surface area contributed by atoms with Crippen LogP contribution in [0.1, 0.15) is 33.1 Å². The van der Waals surface area contributed by atoms with Gasteiger partial charge >= 0.3 is 0 Å². The Bertz CT molecular complexity index is 2920. The molecular formula is C51H35N5O. The van der Waals surface area contributed by atoms with Gasteiger partial charge in [-0.2, -0.15) is 0 Å². The summed E-state index contributed by atoms with van der Waals surface area (Å²) in [4.78, 5) is 32.5. The first-order valence-electron chi connectivity index (χ1n) is 18.9. The Hall–Kier alpha value is -7.83. The van der Waals surface area contributed by atoms with Crippen LogP contribution in [0, 0.1) is 0 Å². The van der Waals surface area contributed by atoms with Crippen molar-refractivity contribution in [1.82, 2.24) is 19.9 Å². The van der Waals surface area contributed by atoms with Crippen LogP contribution in [0.2, 0.25) is 0 Å². The molecule has 0 amide bonds. The van der Waals surface area contributed by atoms with Gasteiger partial charge in [-0.3, -0.25) is 4.79 Å². The average Bonchev–Trinajstić information content (AvgIpc) is 4.12. The van der Waals surface area contributed by atoms with Crippen molar-refractivity contribution in [3.63, 3.8) is 0 Å². The molecule has 270 valence electrons. The number of rotatable bonds is 7. The molecule has 0 saturated carbocycles. The monoisotopic (exact) mass is 733 g/mol. The molecule has 2 N–H and O–H groups in total. The van der Waals surface area contributed by atoms with Crippen LogP contribution in [-0.4, -0.2) is 26.2 Å². The number of nitrogens with zero attached hydrogens (tertiary/aromatic N) is 3. The van der Waals surface area contributed by atoms with E-state index in [0.29, 0.717) is 5.56 Å². The zero-order valence-electron chi connectivity index (χ0n) is 30.8. The fourth-order valence-corrected chi connectivity index (χ4v) is 7.84. The molecule has 0 aliphatic carbocycles. The molecule has 0 atom stereocenters. The number of aldehydes is 1. The fourth-order valence-electron chi connectivity index (χ4n) is 7.84. The van der Waals surface area contributed by atoms with Crippen molar-refractivity contribution in [2.45, 2.75) is 0 Å². The number of para-hydroxylation sites is 2. The summed E-state index contributed by atoms with van der Waals surface area (Å²) >= 11 is 0. The molecule has 2 aliphatic heterocycles. The van der Waals surface area contributed by atoms with Crippen LogP contribution in [0.4, 0.5) is 17.1 Å². The van der Waals surface area contributed by atoms with Crippen molar-refractivity contribution in [2.24, 2.45) is 0 Å². The smallest absolute Gasteiger partial charge is 0.150 e. The quantitative estimate of drug-likeness (QED) is 0.160. The Kier molecular flexibility index (Phi) is 8.54. The van der Waals surface area contributed by atoms with Crippen molar-refractivity contribution < 1.29 is 4.79 Å². The summed E-state index contributed by atoms with van der Waals surface area (Å²) in [6, 6.07) is 57.9. The Balaban J connectivity index is 1.39. The molecule has 5 aromatic carbocycles. The summed E-state index contributed by atoms with van der Waals surface area (Å²) < 4.78 is 0. The number of carbonyl (C=O) groups is 1. The van der Waals surface area contributed by atoms with Crippen molar-refractivity contribution >= 4 is 69.7 Å². The number of anilines is 3. The number of fused-ring (bicyclic) bond motifs is 8. The molecule has 3 aromatic heterocycles. The van der Waals surface area contributed by atoms with Gasteiger partial charge in [0, 0.05) is 50.2 Å². The molecule has 2 aliphatic rings. The van der Waals surface area contributed by atoms with Crippen molar-refractivity contribution in [3.8, 4) is 33.4 Å². The van der Waals surface area contributed by atoms with E-state index >= 15 is 0 Å². The maximum atomic E-state index is 11.7. The lowest BCUT2D eigenvalue weighted by Crippen LogP contribution is -2.11. The summed E-state index contributed by atoms with van der Waals surface area (Å²) in [6.45, 7) is 0. The largest absolute Gasteiger partial charge is 0.354 e. The van der Waals surface area contributed by atoms with E-state index in [1.807, 2.05) is 48.5 Å². The molecule has 0 saturated heterocycles. The molecule has 0 unspecified atom stereocenters. The first-order valence-corrected chi connectivity index (χ1v) is 18.9. The van der Waals surface area contributed by atoms with Gasteiger partial charge < -0.3 is 14.9 Å². The molecule has 6 nitrogen and oxygen atoms in total. The van der Waals surface area contributed by atoms with Gasteiger partial charge in [0.1, 0.15) is 6.29 Å². The van der Waals surface area contributed by atoms with Crippen LogP contribution in [-0.2, 0) is 0 Å².